The lowest BCUT2D eigenvalue weighted by Crippen LogP contribution is -2.21. The average molecular weight is 373 g/mol. The van der Waals surface area contributed by atoms with Crippen LogP contribution in [0.3, 0.4) is 0 Å². The summed E-state index contributed by atoms with van der Waals surface area (Å²) in [7, 11) is 0. The quantitative estimate of drug-likeness (QED) is 0.793. The van der Waals surface area contributed by atoms with E-state index in [0.29, 0.717) is 20.8 Å². The monoisotopic (exact) mass is 371 g/mol. The number of hydrogen-bond acceptors (Lipinski definition) is 3. The van der Waals surface area contributed by atoms with Gasteiger partial charge in [-0.3, -0.25) is 9.59 Å². The molecule has 0 fully saturated rings. The van der Waals surface area contributed by atoms with Gasteiger partial charge in [0.2, 0.25) is 0 Å². The molecule has 0 aromatic heterocycles. The van der Waals surface area contributed by atoms with Crippen molar-refractivity contribution in [3.8, 4) is 0 Å². The Hall–Kier alpha value is -1.75. The topological polar surface area (TPSA) is 55.4 Å². The van der Waals surface area contributed by atoms with Gasteiger partial charge in [-0.1, -0.05) is 46.9 Å². The highest BCUT2D eigenvalue weighted by molar-refractivity contribution is 6.35. The van der Waals surface area contributed by atoms with Crippen molar-refractivity contribution in [2.75, 3.05) is 11.9 Å². The van der Waals surface area contributed by atoms with Crippen molar-refractivity contribution >= 4 is 52.4 Å². The van der Waals surface area contributed by atoms with Crippen LogP contribution in [0.4, 0.5) is 5.69 Å². The molecule has 2 aromatic rings. The Balaban J connectivity index is 1.83. The van der Waals surface area contributed by atoms with Crippen LogP contribution in [0, 0.1) is 0 Å². The van der Waals surface area contributed by atoms with E-state index in [1.165, 1.54) is 6.07 Å². The number of carbonyl (C=O) groups excluding carboxylic acids is 2. The van der Waals surface area contributed by atoms with Gasteiger partial charge < -0.3 is 10.1 Å². The molecule has 2 aromatic carbocycles. The Morgan fingerprint density at radius 2 is 1.61 bits per heavy atom. The van der Waals surface area contributed by atoms with Crippen LogP contribution in [0.15, 0.2) is 42.5 Å². The largest absolute Gasteiger partial charge is 0.455 e. The second-order valence-electron chi connectivity index (χ2n) is 4.64. The van der Waals surface area contributed by atoms with Crippen LogP contribution in [-0.2, 0) is 20.7 Å². The second kappa shape index (κ2) is 8.20. The zero-order valence-electron chi connectivity index (χ0n) is 11.8. The van der Waals surface area contributed by atoms with E-state index in [4.69, 9.17) is 39.5 Å². The predicted molar refractivity (Wildman–Crippen MR) is 91.2 cm³/mol. The third-order valence-electron chi connectivity index (χ3n) is 2.83. The minimum absolute atomic E-state index is 0.0579. The van der Waals surface area contributed by atoms with Crippen molar-refractivity contribution in [2.24, 2.45) is 0 Å². The molecule has 23 heavy (non-hydrogen) atoms. The highest BCUT2D eigenvalue weighted by Crippen LogP contribution is 2.25. The maximum Gasteiger partial charge on any atom is 0.310 e. The van der Waals surface area contributed by atoms with Crippen LogP contribution in [0.1, 0.15) is 5.56 Å². The van der Waals surface area contributed by atoms with E-state index in [0.717, 1.165) is 5.56 Å². The Labute approximate surface area is 148 Å². The van der Waals surface area contributed by atoms with Gasteiger partial charge in [0.15, 0.2) is 6.61 Å². The number of anilines is 1. The summed E-state index contributed by atoms with van der Waals surface area (Å²) in [5.41, 5.74) is 1.11. The molecule has 120 valence electrons. The normalized spacial score (nSPS) is 10.2. The van der Waals surface area contributed by atoms with Crippen LogP contribution >= 0.6 is 34.8 Å². The number of esters is 1. The van der Waals surface area contributed by atoms with Crippen LogP contribution in [0.2, 0.25) is 15.1 Å². The number of amides is 1. The van der Waals surface area contributed by atoms with Crippen molar-refractivity contribution in [2.45, 2.75) is 6.42 Å². The summed E-state index contributed by atoms with van der Waals surface area (Å²) in [6, 6.07) is 11.5. The molecule has 0 aliphatic carbocycles. The lowest BCUT2D eigenvalue weighted by molar-refractivity contribution is -0.146. The van der Waals surface area contributed by atoms with E-state index in [1.807, 2.05) is 0 Å². The third kappa shape index (κ3) is 5.75. The Morgan fingerprint density at radius 1 is 0.957 bits per heavy atom. The molecule has 0 radical (unpaired) electrons. The Kier molecular flexibility index (Phi) is 6.28. The number of halogens is 3. The predicted octanol–water partition coefficient (Wildman–Crippen LogP) is 4.37. The molecule has 0 unspecified atom stereocenters. The first kappa shape index (κ1) is 17.6. The molecule has 2 rings (SSSR count). The van der Waals surface area contributed by atoms with E-state index >= 15 is 0 Å². The van der Waals surface area contributed by atoms with Crippen molar-refractivity contribution in [3.05, 3.63) is 63.1 Å². The van der Waals surface area contributed by atoms with Gasteiger partial charge >= 0.3 is 5.97 Å². The SMILES string of the molecule is O=C(COC(=O)Cc1ccc(Cl)cc1)Nc1cc(Cl)ccc1Cl. The number of hydrogen-bond donors (Lipinski definition) is 1. The fourth-order valence-corrected chi connectivity index (χ4v) is 2.21. The van der Waals surface area contributed by atoms with Gasteiger partial charge in [-0.2, -0.15) is 0 Å². The van der Waals surface area contributed by atoms with Gasteiger partial charge in [0, 0.05) is 10.0 Å². The number of rotatable bonds is 5. The van der Waals surface area contributed by atoms with Gasteiger partial charge in [-0.15, -0.1) is 0 Å². The number of nitrogens with one attached hydrogen (secondary N) is 1. The van der Waals surface area contributed by atoms with Gasteiger partial charge in [0.1, 0.15) is 0 Å². The molecule has 0 aliphatic rings. The zero-order valence-corrected chi connectivity index (χ0v) is 14.1. The zero-order chi connectivity index (χ0) is 16.8. The maximum absolute atomic E-state index is 11.8. The molecule has 0 heterocycles. The molecule has 7 heteroatoms. The van der Waals surface area contributed by atoms with E-state index < -0.39 is 18.5 Å². The molecule has 0 aliphatic heterocycles. The molecular weight excluding hydrogens is 361 g/mol. The minimum atomic E-state index is -0.514. The molecule has 0 bridgehead atoms. The van der Waals surface area contributed by atoms with Crippen LogP contribution < -0.4 is 5.32 Å². The number of carbonyl (C=O) groups is 2. The average Bonchev–Trinajstić information content (AvgIpc) is 2.51. The summed E-state index contributed by atoms with van der Waals surface area (Å²) < 4.78 is 4.92. The molecule has 0 spiro atoms. The molecule has 1 amide bonds. The molecular formula is C16H12Cl3NO3. The molecule has 0 saturated heterocycles. The van der Waals surface area contributed by atoms with Crippen molar-refractivity contribution in [3.63, 3.8) is 0 Å². The first-order chi connectivity index (χ1) is 10.9. The van der Waals surface area contributed by atoms with E-state index in [1.54, 1.807) is 36.4 Å². The number of benzene rings is 2. The summed E-state index contributed by atoms with van der Waals surface area (Å²) in [5, 5.41) is 3.89. The van der Waals surface area contributed by atoms with Crippen LogP contribution in [-0.4, -0.2) is 18.5 Å². The van der Waals surface area contributed by atoms with E-state index in [2.05, 4.69) is 5.32 Å². The van der Waals surface area contributed by atoms with E-state index in [9.17, 15) is 9.59 Å². The number of ether oxygens (including phenoxy) is 1. The summed E-state index contributed by atoms with van der Waals surface area (Å²) in [6.07, 6.45) is 0.0579. The first-order valence-electron chi connectivity index (χ1n) is 6.59. The second-order valence-corrected chi connectivity index (χ2v) is 5.92. The molecule has 1 N–H and O–H groups in total. The Bertz CT molecular complexity index is 717. The highest BCUT2D eigenvalue weighted by atomic mass is 35.5. The van der Waals surface area contributed by atoms with E-state index in [-0.39, 0.29) is 6.42 Å². The lowest BCUT2D eigenvalue weighted by Gasteiger charge is -2.08. The molecule has 0 atom stereocenters. The smallest absolute Gasteiger partial charge is 0.310 e. The summed E-state index contributed by atoms with van der Waals surface area (Å²) in [5.74, 6) is -1.02. The Morgan fingerprint density at radius 3 is 2.30 bits per heavy atom. The standard InChI is InChI=1S/C16H12Cl3NO3/c17-11-3-1-10(2-4-11)7-16(22)23-9-15(21)20-14-8-12(18)5-6-13(14)19/h1-6,8H,7,9H2,(H,20,21). The van der Waals surface area contributed by atoms with Crippen molar-refractivity contribution in [1.82, 2.24) is 0 Å². The van der Waals surface area contributed by atoms with Crippen molar-refractivity contribution < 1.29 is 14.3 Å². The first-order valence-corrected chi connectivity index (χ1v) is 7.72. The van der Waals surface area contributed by atoms with Crippen LogP contribution in [0.5, 0.6) is 0 Å². The van der Waals surface area contributed by atoms with Crippen LogP contribution in [0.25, 0.3) is 0 Å². The van der Waals surface area contributed by atoms with Gasteiger partial charge in [0.25, 0.3) is 5.91 Å². The fourth-order valence-electron chi connectivity index (χ4n) is 1.75. The van der Waals surface area contributed by atoms with Crippen molar-refractivity contribution in [1.29, 1.82) is 0 Å². The maximum atomic E-state index is 11.8. The van der Waals surface area contributed by atoms with Gasteiger partial charge in [0.05, 0.1) is 17.1 Å². The highest BCUT2D eigenvalue weighted by Gasteiger charge is 2.10. The fraction of sp³-hybridized carbons (Fsp3) is 0.125. The summed E-state index contributed by atoms with van der Waals surface area (Å²) in [4.78, 5) is 23.5. The lowest BCUT2D eigenvalue weighted by atomic mass is 10.1. The minimum Gasteiger partial charge on any atom is -0.455 e. The summed E-state index contributed by atoms with van der Waals surface area (Å²) >= 11 is 17.5. The van der Waals surface area contributed by atoms with Gasteiger partial charge in [-0.05, 0) is 35.9 Å². The van der Waals surface area contributed by atoms with Gasteiger partial charge in [-0.25, -0.2) is 0 Å². The summed E-state index contributed by atoms with van der Waals surface area (Å²) in [6.45, 7) is -0.407. The third-order valence-corrected chi connectivity index (χ3v) is 3.65. The molecule has 0 saturated carbocycles. The molecule has 4 nitrogen and oxygen atoms in total.